The Morgan fingerprint density at radius 1 is 1.29 bits per heavy atom. The van der Waals surface area contributed by atoms with Gasteiger partial charge in [0.15, 0.2) is 5.96 Å². The highest BCUT2D eigenvalue weighted by Crippen LogP contribution is 2.19. The molecule has 2 aromatic rings. The number of hydrogen-bond donors (Lipinski definition) is 2. The summed E-state index contributed by atoms with van der Waals surface area (Å²) in [5.41, 5.74) is 4.29. The van der Waals surface area contributed by atoms with Crippen LogP contribution in [0.15, 0.2) is 52.1 Å². The minimum absolute atomic E-state index is 0.438. The first-order valence-electron chi connectivity index (χ1n) is 9.89. The van der Waals surface area contributed by atoms with E-state index in [1.54, 1.807) is 13.3 Å². The van der Waals surface area contributed by atoms with Crippen LogP contribution in [0.25, 0.3) is 11.5 Å². The molecule has 1 saturated heterocycles. The van der Waals surface area contributed by atoms with Crippen molar-refractivity contribution in [1.29, 1.82) is 0 Å². The van der Waals surface area contributed by atoms with Crippen LogP contribution in [0, 0.1) is 6.92 Å². The monoisotopic (exact) mass is 381 g/mol. The number of likely N-dealkylation sites (tertiary alicyclic amines) is 1. The molecule has 3 rings (SSSR count). The van der Waals surface area contributed by atoms with Gasteiger partial charge in [-0.05, 0) is 38.8 Å². The van der Waals surface area contributed by atoms with Gasteiger partial charge in [-0.2, -0.15) is 0 Å². The fourth-order valence-electron chi connectivity index (χ4n) is 3.40. The summed E-state index contributed by atoms with van der Waals surface area (Å²) in [6.07, 6.45) is 3.91. The highest BCUT2D eigenvalue weighted by molar-refractivity contribution is 5.79. The molecule has 0 spiro atoms. The smallest absolute Gasteiger partial charge is 0.226 e. The molecule has 1 aliphatic heterocycles. The molecular formula is C22H31N5O. The van der Waals surface area contributed by atoms with Gasteiger partial charge in [0, 0.05) is 38.3 Å². The largest absolute Gasteiger partial charge is 0.444 e. The van der Waals surface area contributed by atoms with Crippen molar-refractivity contribution in [1.82, 2.24) is 20.5 Å². The standard InChI is InChI=1S/C22H31N5O/c1-16(2)14-27-11-9-19(10-12-27)26-22(23-4)24-13-20-15-28-21(25-20)18-7-5-17(3)6-8-18/h5-8,15,19H,1,9-14H2,2-4H3,(H2,23,24,26). The minimum atomic E-state index is 0.438. The number of rotatable bonds is 6. The maximum absolute atomic E-state index is 5.63. The number of nitrogens with one attached hydrogen (secondary N) is 2. The first-order valence-corrected chi connectivity index (χ1v) is 9.89. The van der Waals surface area contributed by atoms with Crippen molar-refractivity contribution in [2.75, 3.05) is 26.7 Å². The van der Waals surface area contributed by atoms with Crippen LogP contribution in [0.2, 0.25) is 0 Å². The molecule has 150 valence electrons. The predicted molar refractivity (Wildman–Crippen MR) is 114 cm³/mol. The molecule has 28 heavy (non-hydrogen) atoms. The van der Waals surface area contributed by atoms with Crippen LogP contribution in [0.5, 0.6) is 0 Å². The summed E-state index contributed by atoms with van der Waals surface area (Å²) < 4.78 is 5.63. The molecule has 1 aromatic heterocycles. The van der Waals surface area contributed by atoms with E-state index in [1.807, 2.05) is 12.1 Å². The molecule has 2 heterocycles. The highest BCUT2D eigenvalue weighted by Gasteiger charge is 2.19. The fraction of sp³-hybridized carbons (Fsp3) is 0.455. The van der Waals surface area contributed by atoms with Crippen molar-refractivity contribution in [3.63, 3.8) is 0 Å². The van der Waals surface area contributed by atoms with E-state index in [-0.39, 0.29) is 0 Å². The van der Waals surface area contributed by atoms with Crippen molar-refractivity contribution in [3.8, 4) is 11.5 Å². The van der Waals surface area contributed by atoms with E-state index in [9.17, 15) is 0 Å². The Balaban J connectivity index is 1.47. The SMILES string of the molecule is C=C(C)CN1CCC(NC(=NC)NCc2coc(-c3ccc(C)cc3)n2)CC1. The Morgan fingerprint density at radius 2 is 2.00 bits per heavy atom. The summed E-state index contributed by atoms with van der Waals surface area (Å²) in [7, 11) is 1.80. The number of hydrogen-bond acceptors (Lipinski definition) is 4. The molecule has 6 heteroatoms. The van der Waals surface area contributed by atoms with Crippen LogP contribution in [0.4, 0.5) is 0 Å². The van der Waals surface area contributed by atoms with E-state index in [1.165, 1.54) is 11.1 Å². The van der Waals surface area contributed by atoms with Crippen molar-refractivity contribution >= 4 is 5.96 Å². The zero-order chi connectivity index (χ0) is 19.9. The molecule has 0 bridgehead atoms. The number of oxazole rings is 1. The average Bonchev–Trinajstić information content (AvgIpc) is 3.15. The Bertz CT molecular complexity index is 801. The van der Waals surface area contributed by atoms with Crippen molar-refractivity contribution in [2.24, 2.45) is 4.99 Å². The van der Waals surface area contributed by atoms with Crippen LogP contribution in [-0.4, -0.2) is 48.6 Å². The zero-order valence-corrected chi connectivity index (χ0v) is 17.2. The third-order valence-corrected chi connectivity index (χ3v) is 4.93. The number of aromatic nitrogens is 1. The summed E-state index contributed by atoms with van der Waals surface area (Å²) >= 11 is 0. The summed E-state index contributed by atoms with van der Waals surface area (Å²) in [4.78, 5) is 11.4. The number of piperidine rings is 1. The van der Waals surface area contributed by atoms with E-state index in [0.717, 1.165) is 49.7 Å². The normalized spacial score (nSPS) is 16.2. The molecule has 0 aliphatic carbocycles. The van der Waals surface area contributed by atoms with Gasteiger partial charge in [0.1, 0.15) is 6.26 Å². The molecule has 1 aromatic carbocycles. The number of guanidine groups is 1. The van der Waals surface area contributed by atoms with Crippen molar-refractivity contribution < 1.29 is 4.42 Å². The van der Waals surface area contributed by atoms with Crippen LogP contribution in [0.1, 0.15) is 31.0 Å². The van der Waals surface area contributed by atoms with Gasteiger partial charge in [0.25, 0.3) is 0 Å². The van der Waals surface area contributed by atoms with Gasteiger partial charge in [-0.15, -0.1) is 0 Å². The molecular weight excluding hydrogens is 350 g/mol. The molecule has 0 radical (unpaired) electrons. The lowest BCUT2D eigenvalue weighted by Gasteiger charge is -2.33. The van der Waals surface area contributed by atoms with Crippen LogP contribution < -0.4 is 10.6 Å². The number of aliphatic imine (C=N–C) groups is 1. The fourth-order valence-corrected chi connectivity index (χ4v) is 3.40. The van der Waals surface area contributed by atoms with E-state index >= 15 is 0 Å². The Hall–Kier alpha value is -2.60. The van der Waals surface area contributed by atoms with Gasteiger partial charge >= 0.3 is 0 Å². The van der Waals surface area contributed by atoms with Crippen LogP contribution in [0.3, 0.4) is 0 Å². The van der Waals surface area contributed by atoms with E-state index in [0.29, 0.717) is 18.5 Å². The van der Waals surface area contributed by atoms with Crippen LogP contribution >= 0.6 is 0 Å². The Morgan fingerprint density at radius 3 is 2.64 bits per heavy atom. The number of benzene rings is 1. The van der Waals surface area contributed by atoms with E-state index in [4.69, 9.17) is 4.42 Å². The van der Waals surface area contributed by atoms with Gasteiger partial charge in [-0.3, -0.25) is 9.89 Å². The lowest BCUT2D eigenvalue weighted by atomic mass is 10.0. The summed E-state index contributed by atoms with van der Waals surface area (Å²) in [6, 6.07) is 8.61. The number of nitrogens with zero attached hydrogens (tertiary/aromatic N) is 3. The van der Waals surface area contributed by atoms with Gasteiger partial charge in [-0.1, -0.05) is 29.8 Å². The molecule has 0 atom stereocenters. The molecule has 0 unspecified atom stereocenters. The highest BCUT2D eigenvalue weighted by atomic mass is 16.3. The molecule has 1 fully saturated rings. The summed E-state index contributed by atoms with van der Waals surface area (Å²) in [5, 5.41) is 6.86. The van der Waals surface area contributed by atoms with E-state index < -0.39 is 0 Å². The van der Waals surface area contributed by atoms with Crippen LogP contribution in [-0.2, 0) is 6.54 Å². The average molecular weight is 382 g/mol. The lowest BCUT2D eigenvalue weighted by Crippen LogP contribution is -2.48. The molecule has 2 N–H and O–H groups in total. The van der Waals surface area contributed by atoms with Gasteiger partial charge in [0.05, 0.1) is 12.2 Å². The minimum Gasteiger partial charge on any atom is -0.444 e. The molecule has 0 amide bonds. The number of aryl methyl sites for hydroxylation is 1. The second-order valence-electron chi connectivity index (χ2n) is 7.59. The maximum atomic E-state index is 5.63. The third-order valence-electron chi connectivity index (χ3n) is 4.93. The summed E-state index contributed by atoms with van der Waals surface area (Å²) in [5.74, 6) is 1.45. The van der Waals surface area contributed by atoms with Crippen molar-refractivity contribution in [2.45, 2.75) is 39.3 Å². The quantitative estimate of drug-likeness (QED) is 0.456. The van der Waals surface area contributed by atoms with Gasteiger partial charge < -0.3 is 15.1 Å². The predicted octanol–water partition coefficient (Wildman–Crippen LogP) is 3.36. The second-order valence-corrected chi connectivity index (χ2v) is 7.59. The molecule has 1 aliphatic rings. The Kier molecular flexibility index (Phi) is 6.87. The van der Waals surface area contributed by atoms with E-state index in [2.05, 4.69) is 58.1 Å². The van der Waals surface area contributed by atoms with Gasteiger partial charge in [-0.25, -0.2) is 4.98 Å². The van der Waals surface area contributed by atoms with Gasteiger partial charge in [0.2, 0.25) is 5.89 Å². The zero-order valence-electron chi connectivity index (χ0n) is 17.2. The first kappa shape index (κ1) is 20.1. The lowest BCUT2D eigenvalue weighted by molar-refractivity contribution is 0.221. The molecule has 6 nitrogen and oxygen atoms in total. The van der Waals surface area contributed by atoms with Crippen molar-refractivity contribution in [3.05, 3.63) is 53.9 Å². The second kappa shape index (κ2) is 9.55. The topological polar surface area (TPSA) is 65.7 Å². The third kappa shape index (κ3) is 5.70. The summed E-state index contributed by atoms with van der Waals surface area (Å²) in [6.45, 7) is 11.9. The molecule has 0 saturated carbocycles. The first-order chi connectivity index (χ1) is 13.5. The Labute approximate surface area is 167 Å². The maximum Gasteiger partial charge on any atom is 0.226 e.